The van der Waals surface area contributed by atoms with Crippen LogP contribution in [0.25, 0.3) is 11.1 Å². The Balaban J connectivity index is 1.50. The highest BCUT2D eigenvalue weighted by molar-refractivity contribution is 5.67. The fourth-order valence-electron chi connectivity index (χ4n) is 4.07. The first-order chi connectivity index (χ1) is 11.8. The minimum atomic E-state index is 0.548. The van der Waals surface area contributed by atoms with Gasteiger partial charge in [0.2, 0.25) is 0 Å². The molecule has 3 heteroatoms. The molecule has 2 aromatic carbocycles. The van der Waals surface area contributed by atoms with E-state index in [9.17, 15) is 0 Å². The maximum Gasteiger partial charge on any atom is 0.0635 e. The van der Waals surface area contributed by atoms with Gasteiger partial charge in [-0.15, -0.1) is 0 Å². The molecule has 2 aliphatic rings. The fraction of sp³-hybridized carbons (Fsp3) is 0.429. The number of morpholine rings is 1. The van der Waals surface area contributed by atoms with Gasteiger partial charge in [0.1, 0.15) is 0 Å². The normalized spacial score (nSPS) is 25.4. The third-order valence-electron chi connectivity index (χ3n) is 5.34. The molecule has 2 saturated heterocycles. The third kappa shape index (κ3) is 3.25. The smallest absolute Gasteiger partial charge is 0.0635 e. The number of benzene rings is 2. The van der Waals surface area contributed by atoms with Crippen molar-refractivity contribution >= 4 is 0 Å². The molecule has 2 aromatic rings. The van der Waals surface area contributed by atoms with E-state index in [-0.39, 0.29) is 0 Å². The van der Waals surface area contributed by atoms with Crippen LogP contribution < -0.4 is 0 Å². The van der Waals surface area contributed by atoms with E-state index in [0.717, 1.165) is 39.4 Å². The summed E-state index contributed by atoms with van der Waals surface area (Å²) in [4.78, 5) is 5.22. The first-order valence-corrected chi connectivity index (χ1v) is 9.00. The second kappa shape index (κ2) is 7.06. The van der Waals surface area contributed by atoms with Crippen molar-refractivity contribution in [2.45, 2.75) is 25.6 Å². The van der Waals surface area contributed by atoms with E-state index >= 15 is 0 Å². The van der Waals surface area contributed by atoms with Gasteiger partial charge in [-0.2, -0.15) is 0 Å². The summed E-state index contributed by atoms with van der Waals surface area (Å²) >= 11 is 0. The molecular formula is C21H26N2O. The van der Waals surface area contributed by atoms with Crippen molar-refractivity contribution in [3.8, 4) is 11.1 Å². The van der Waals surface area contributed by atoms with Crippen LogP contribution in [0.15, 0.2) is 54.6 Å². The maximum absolute atomic E-state index is 5.77. The zero-order valence-electron chi connectivity index (χ0n) is 14.4. The molecule has 4 rings (SSSR count). The van der Waals surface area contributed by atoms with E-state index < -0.39 is 0 Å². The lowest BCUT2D eigenvalue weighted by Crippen LogP contribution is -2.60. The van der Waals surface area contributed by atoms with Crippen LogP contribution in [0, 0.1) is 0 Å². The zero-order chi connectivity index (χ0) is 16.4. The molecule has 0 aliphatic carbocycles. The van der Waals surface area contributed by atoms with Crippen LogP contribution in [-0.2, 0) is 11.3 Å². The minimum absolute atomic E-state index is 0.548. The Bertz CT molecular complexity index is 673. The number of rotatable bonds is 3. The van der Waals surface area contributed by atoms with Crippen molar-refractivity contribution < 1.29 is 4.74 Å². The Kier molecular flexibility index (Phi) is 4.65. The molecule has 0 spiro atoms. The Morgan fingerprint density at radius 3 is 2.62 bits per heavy atom. The standard InChI is InChI=1S/C21H26N2O/c1-17-15-24-16-20-14-22(11-12-23(17)20)13-19-9-5-6-10-21(19)18-7-3-2-4-8-18/h2-10,17,20H,11-16H2,1H3/t17-,20+/m0/s1. The second-order valence-corrected chi connectivity index (χ2v) is 7.04. The second-order valence-electron chi connectivity index (χ2n) is 7.04. The van der Waals surface area contributed by atoms with Crippen molar-refractivity contribution in [1.29, 1.82) is 0 Å². The first kappa shape index (κ1) is 15.8. The molecule has 2 heterocycles. The molecule has 0 radical (unpaired) electrons. The molecule has 0 amide bonds. The van der Waals surface area contributed by atoms with E-state index in [1.54, 1.807) is 0 Å². The lowest BCUT2D eigenvalue weighted by Gasteiger charge is -2.47. The highest BCUT2D eigenvalue weighted by Crippen LogP contribution is 2.26. The quantitative estimate of drug-likeness (QED) is 0.863. The van der Waals surface area contributed by atoms with Gasteiger partial charge in [0, 0.05) is 38.3 Å². The maximum atomic E-state index is 5.77. The lowest BCUT2D eigenvalue weighted by atomic mass is 9.98. The van der Waals surface area contributed by atoms with E-state index in [2.05, 4.69) is 71.3 Å². The Morgan fingerprint density at radius 1 is 0.958 bits per heavy atom. The molecular weight excluding hydrogens is 296 g/mol. The summed E-state index contributed by atoms with van der Waals surface area (Å²) < 4.78 is 5.77. The molecule has 126 valence electrons. The van der Waals surface area contributed by atoms with Gasteiger partial charge in [0.15, 0.2) is 0 Å². The molecule has 0 saturated carbocycles. The third-order valence-corrected chi connectivity index (χ3v) is 5.34. The summed E-state index contributed by atoms with van der Waals surface area (Å²) in [5.74, 6) is 0. The molecule has 0 unspecified atom stereocenters. The van der Waals surface area contributed by atoms with Gasteiger partial charge >= 0.3 is 0 Å². The predicted molar refractivity (Wildman–Crippen MR) is 97.9 cm³/mol. The van der Waals surface area contributed by atoms with Gasteiger partial charge in [-0.25, -0.2) is 0 Å². The van der Waals surface area contributed by atoms with Crippen molar-refractivity contribution in [3.05, 3.63) is 60.2 Å². The van der Waals surface area contributed by atoms with Crippen molar-refractivity contribution in [2.24, 2.45) is 0 Å². The van der Waals surface area contributed by atoms with Gasteiger partial charge in [-0.3, -0.25) is 9.80 Å². The van der Waals surface area contributed by atoms with Crippen LogP contribution in [0.3, 0.4) is 0 Å². The van der Waals surface area contributed by atoms with Crippen LogP contribution in [0.1, 0.15) is 12.5 Å². The number of nitrogens with zero attached hydrogens (tertiary/aromatic N) is 2. The molecule has 2 aliphatic heterocycles. The number of ether oxygens (including phenoxy) is 1. The zero-order valence-corrected chi connectivity index (χ0v) is 14.4. The minimum Gasteiger partial charge on any atom is -0.378 e. The highest BCUT2D eigenvalue weighted by Gasteiger charge is 2.33. The topological polar surface area (TPSA) is 15.7 Å². The molecule has 2 fully saturated rings. The molecule has 0 bridgehead atoms. The van der Waals surface area contributed by atoms with E-state index in [1.165, 1.54) is 16.7 Å². The summed E-state index contributed by atoms with van der Waals surface area (Å²) in [6.07, 6.45) is 0. The van der Waals surface area contributed by atoms with Gasteiger partial charge in [-0.05, 0) is 23.6 Å². The van der Waals surface area contributed by atoms with E-state index in [4.69, 9.17) is 4.74 Å². The Hall–Kier alpha value is -1.68. The largest absolute Gasteiger partial charge is 0.378 e. The molecule has 0 N–H and O–H groups in total. The molecule has 3 nitrogen and oxygen atoms in total. The molecule has 0 aromatic heterocycles. The van der Waals surface area contributed by atoms with Crippen LogP contribution in [-0.4, -0.2) is 54.7 Å². The first-order valence-electron chi connectivity index (χ1n) is 9.00. The van der Waals surface area contributed by atoms with Crippen molar-refractivity contribution in [2.75, 3.05) is 32.8 Å². The van der Waals surface area contributed by atoms with E-state index in [1.807, 2.05) is 0 Å². The van der Waals surface area contributed by atoms with Crippen molar-refractivity contribution in [3.63, 3.8) is 0 Å². The van der Waals surface area contributed by atoms with Crippen molar-refractivity contribution in [1.82, 2.24) is 9.80 Å². The Morgan fingerprint density at radius 2 is 1.75 bits per heavy atom. The van der Waals surface area contributed by atoms with Gasteiger partial charge in [0.25, 0.3) is 0 Å². The summed E-state index contributed by atoms with van der Waals surface area (Å²) in [7, 11) is 0. The lowest BCUT2D eigenvalue weighted by molar-refractivity contribution is -0.0765. The predicted octanol–water partition coefficient (Wildman–Crippen LogP) is 3.26. The van der Waals surface area contributed by atoms with E-state index in [0.29, 0.717) is 12.1 Å². The monoisotopic (exact) mass is 322 g/mol. The van der Waals surface area contributed by atoms with Crippen LogP contribution in [0.2, 0.25) is 0 Å². The number of piperazine rings is 1. The summed E-state index contributed by atoms with van der Waals surface area (Å²) in [5, 5.41) is 0. The number of hydrogen-bond donors (Lipinski definition) is 0. The van der Waals surface area contributed by atoms with Gasteiger partial charge in [0.05, 0.1) is 13.2 Å². The van der Waals surface area contributed by atoms with Gasteiger partial charge in [-0.1, -0.05) is 54.6 Å². The highest BCUT2D eigenvalue weighted by atomic mass is 16.5. The average Bonchev–Trinajstić information content (AvgIpc) is 2.63. The average molecular weight is 322 g/mol. The summed E-state index contributed by atoms with van der Waals surface area (Å²) in [6.45, 7) is 8.46. The molecule has 24 heavy (non-hydrogen) atoms. The number of hydrogen-bond acceptors (Lipinski definition) is 3. The van der Waals surface area contributed by atoms with Crippen LogP contribution in [0.4, 0.5) is 0 Å². The SMILES string of the molecule is C[C@H]1COC[C@H]2CN(Cc3ccccc3-c3ccccc3)CCN21. The summed E-state index contributed by atoms with van der Waals surface area (Å²) in [6, 6.07) is 20.6. The van der Waals surface area contributed by atoms with Gasteiger partial charge < -0.3 is 4.74 Å². The summed E-state index contributed by atoms with van der Waals surface area (Å²) in [5.41, 5.74) is 4.08. The van der Waals surface area contributed by atoms with Crippen LogP contribution in [0.5, 0.6) is 0 Å². The molecule has 2 atom stereocenters. The fourth-order valence-corrected chi connectivity index (χ4v) is 4.07. The Labute approximate surface area is 144 Å². The number of fused-ring (bicyclic) bond motifs is 1. The van der Waals surface area contributed by atoms with Crippen LogP contribution >= 0.6 is 0 Å².